The van der Waals surface area contributed by atoms with Gasteiger partial charge < -0.3 is 56.1 Å². The van der Waals surface area contributed by atoms with Gasteiger partial charge in [0, 0.05) is 18.0 Å². The molecule has 5 heterocycles. The summed E-state index contributed by atoms with van der Waals surface area (Å²) in [5.41, 5.74) is 11.6. The molecule has 2 aromatic rings. The number of hydrogen-bond acceptors (Lipinski definition) is 17. The Hall–Kier alpha value is -2.88. The van der Waals surface area contributed by atoms with Crippen molar-refractivity contribution in [3.05, 3.63) is 36.7 Å². The van der Waals surface area contributed by atoms with Crippen LogP contribution < -0.4 is 11.5 Å². The van der Waals surface area contributed by atoms with Crippen LogP contribution in [0.15, 0.2) is 36.7 Å². The van der Waals surface area contributed by atoms with Gasteiger partial charge in [0.2, 0.25) is 5.91 Å². The smallest absolute Gasteiger partial charge is 0.387 e. The summed E-state index contributed by atoms with van der Waals surface area (Å²) in [6.45, 7) is -1.79. The maximum atomic E-state index is 12.4. The summed E-state index contributed by atoms with van der Waals surface area (Å²) < 4.78 is 50.8. The first kappa shape index (κ1) is 32.5. The third-order valence-corrected chi connectivity index (χ3v) is 9.48. The largest absolute Gasteiger partial charge is 0.481 e. The van der Waals surface area contributed by atoms with Gasteiger partial charge in [-0.25, -0.2) is 24.1 Å². The normalized spacial score (nSPS) is 33.3. The van der Waals surface area contributed by atoms with Gasteiger partial charge in [-0.1, -0.05) is 6.08 Å². The Bertz CT molecular complexity index is 1560. The van der Waals surface area contributed by atoms with Crippen LogP contribution in [-0.4, -0.2) is 117 Å². The number of nitrogens with zero attached hydrogens (tertiary/aromatic N) is 5. The first-order valence-electron chi connectivity index (χ1n) is 12.7. The van der Waals surface area contributed by atoms with E-state index in [1.807, 2.05) is 0 Å². The van der Waals surface area contributed by atoms with Crippen LogP contribution in [0.4, 0.5) is 5.82 Å². The highest BCUT2D eigenvalue weighted by atomic mass is 31.3. The lowest BCUT2D eigenvalue weighted by atomic mass is 10.1. The zero-order valence-electron chi connectivity index (χ0n) is 22.4. The van der Waals surface area contributed by atoms with Crippen molar-refractivity contribution < 1.29 is 67.0 Å². The van der Waals surface area contributed by atoms with Gasteiger partial charge in [0.25, 0.3) is 0 Å². The van der Waals surface area contributed by atoms with Crippen molar-refractivity contribution in [3.63, 3.8) is 0 Å². The molecule has 0 saturated carbocycles. The molecule has 10 atom stereocenters. The lowest BCUT2D eigenvalue weighted by Crippen LogP contribution is -2.40. The summed E-state index contributed by atoms with van der Waals surface area (Å²) in [6, 6.07) is 0. The number of phosphoric ester groups is 2. The van der Waals surface area contributed by atoms with Gasteiger partial charge in [-0.2, -0.15) is 4.31 Å². The van der Waals surface area contributed by atoms with Crippen LogP contribution in [0.1, 0.15) is 12.6 Å². The number of fused-ring (bicyclic) bond motifs is 1. The Kier molecular flexibility index (Phi) is 9.23. The zero-order valence-corrected chi connectivity index (χ0v) is 24.2. The van der Waals surface area contributed by atoms with Gasteiger partial charge >= 0.3 is 15.6 Å². The highest BCUT2D eigenvalue weighted by molar-refractivity contribution is 7.61. The van der Waals surface area contributed by atoms with E-state index in [-0.39, 0.29) is 29.0 Å². The molecular weight excluding hydrogens is 636 g/mol. The second-order valence-electron chi connectivity index (χ2n) is 9.84. The molecule has 2 saturated heterocycles. The molecule has 0 bridgehead atoms. The predicted molar refractivity (Wildman–Crippen MR) is 142 cm³/mol. The molecule has 0 radical (unpaired) electrons. The Morgan fingerprint density at radius 3 is 2.16 bits per heavy atom. The average molecular weight is 665 g/mol. The van der Waals surface area contributed by atoms with Crippen LogP contribution >= 0.6 is 15.6 Å². The Morgan fingerprint density at radius 2 is 1.55 bits per heavy atom. The highest BCUT2D eigenvalue weighted by Gasteiger charge is 2.48. The van der Waals surface area contributed by atoms with E-state index in [9.17, 15) is 44.1 Å². The minimum absolute atomic E-state index is 0.0517. The van der Waals surface area contributed by atoms with E-state index >= 15 is 0 Å². The molecule has 242 valence electrons. The molecule has 3 aliphatic heterocycles. The molecule has 0 aliphatic carbocycles. The third kappa shape index (κ3) is 6.70. The van der Waals surface area contributed by atoms with Crippen LogP contribution in [0, 0.1) is 0 Å². The molecule has 5 rings (SSSR count). The molecule has 1 amide bonds. The molecule has 2 unspecified atom stereocenters. The van der Waals surface area contributed by atoms with Gasteiger partial charge in [0.1, 0.15) is 48.5 Å². The minimum Gasteiger partial charge on any atom is -0.387 e. The molecule has 3 aliphatic rings. The van der Waals surface area contributed by atoms with Crippen LogP contribution in [-0.2, 0) is 36.8 Å². The van der Waals surface area contributed by atoms with Crippen LogP contribution in [0.25, 0.3) is 11.2 Å². The Morgan fingerprint density at radius 1 is 0.955 bits per heavy atom. The summed E-state index contributed by atoms with van der Waals surface area (Å²) >= 11 is 0. The number of phosphoric acid groups is 2. The Labute approximate surface area is 247 Å². The minimum atomic E-state index is -5.37. The van der Waals surface area contributed by atoms with E-state index in [1.54, 1.807) is 6.08 Å². The number of imidazole rings is 1. The number of nitrogen functional groups attached to an aromatic ring is 1. The van der Waals surface area contributed by atoms with Gasteiger partial charge in [0.15, 0.2) is 23.9 Å². The number of primary amides is 1. The second-order valence-corrected chi connectivity index (χ2v) is 12.9. The molecule has 10 N–H and O–H groups in total. The standard InChI is InChI=1S/C21H29N7O14P2/c22-17-12-19(25-7-24-17)28(8-26-12)21-16(32)14(30)11(41-21)6-39-44(36,37)42-43(34,35)38-5-10-13(29)15(31)20(40-10)27-3-1-2-9(4-27)18(23)33/h1,3-4,7-8,10-11,13-16,20-21,29-32H,2,5-6H2,(H2,23,33)(H,34,35)(H,36,37)(H2,22,24,25)/t10-,11-,13-,14+,15-,16-,20-,21+/m0/s1. The third-order valence-electron chi connectivity index (χ3n) is 6.88. The maximum Gasteiger partial charge on any atom is 0.481 e. The maximum absolute atomic E-state index is 12.4. The van der Waals surface area contributed by atoms with Crippen molar-refractivity contribution in [2.24, 2.45) is 5.73 Å². The van der Waals surface area contributed by atoms with E-state index < -0.39 is 83.8 Å². The van der Waals surface area contributed by atoms with Crippen molar-refractivity contribution in [1.29, 1.82) is 0 Å². The Balaban J connectivity index is 1.15. The molecule has 2 fully saturated rings. The van der Waals surface area contributed by atoms with Gasteiger partial charge in [0.05, 0.1) is 19.5 Å². The van der Waals surface area contributed by atoms with Crippen molar-refractivity contribution in [3.8, 4) is 0 Å². The number of ether oxygens (including phenoxy) is 2. The number of hydrogen-bond donors (Lipinski definition) is 8. The number of rotatable bonds is 11. The highest BCUT2D eigenvalue weighted by Crippen LogP contribution is 2.60. The van der Waals surface area contributed by atoms with E-state index in [2.05, 4.69) is 19.3 Å². The van der Waals surface area contributed by atoms with Crippen molar-refractivity contribution in [1.82, 2.24) is 24.4 Å². The van der Waals surface area contributed by atoms with Crippen molar-refractivity contribution in [2.75, 3.05) is 18.9 Å². The monoisotopic (exact) mass is 665 g/mol. The molecule has 0 aromatic carbocycles. The second kappa shape index (κ2) is 12.5. The number of aliphatic hydroxyl groups is 4. The molecular formula is C21H29N7O14P2. The lowest BCUT2D eigenvalue weighted by molar-refractivity contribution is -0.115. The van der Waals surface area contributed by atoms with Crippen LogP contribution in [0.2, 0.25) is 0 Å². The van der Waals surface area contributed by atoms with Crippen molar-refractivity contribution >= 4 is 38.5 Å². The van der Waals surface area contributed by atoms with Crippen molar-refractivity contribution in [2.45, 2.75) is 55.5 Å². The van der Waals surface area contributed by atoms with Gasteiger partial charge in [-0.3, -0.25) is 18.4 Å². The van der Waals surface area contributed by atoms with E-state index in [0.717, 1.165) is 6.33 Å². The SMILES string of the molecule is NC(=O)C1=CN([C@H]2O[C@@H](COP(=O)(O)OP(=O)(O)OC[C@@H]3O[C@@H](n4cnc5c(N)ncnc54)[C@@H](O)[C@@H]3O)[C@H](O)[C@@H]2O)C=CC1. The molecule has 2 aromatic heterocycles. The fourth-order valence-corrected chi connectivity index (χ4v) is 6.77. The molecule has 44 heavy (non-hydrogen) atoms. The lowest BCUT2D eigenvalue weighted by Gasteiger charge is -2.28. The number of amides is 1. The average Bonchev–Trinajstić information content (AvgIpc) is 3.61. The quantitative estimate of drug-likeness (QED) is 0.113. The van der Waals surface area contributed by atoms with E-state index in [0.29, 0.717) is 0 Å². The van der Waals surface area contributed by atoms with E-state index in [4.69, 9.17) is 30.0 Å². The first-order valence-corrected chi connectivity index (χ1v) is 15.7. The summed E-state index contributed by atoms with van der Waals surface area (Å²) in [7, 11) is -10.7. The zero-order chi connectivity index (χ0) is 32.0. The van der Waals surface area contributed by atoms with Gasteiger partial charge in [-0.15, -0.1) is 0 Å². The molecule has 0 spiro atoms. The summed E-state index contributed by atoms with van der Waals surface area (Å²) in [5.74, 6) is -0.658. The number of allylic oxidation sites excluding steroid dienone is 1. The fourth-order valence-electron chi connectivity index (χ4n) is 4.68. The van der Waals surface area contributed by atoms with Gasteiger partial charge in [-0.05, 0) is 6.42 Å². The fraction of sp³-hybridized carbons (Fsp3) is 0.524. The number of nitrogens with two attached hydrogens (primary N) is 2. The summed E-state index contributed by atoms with van der Waals surface area (Å²) in [5, 5.41) is 41.6. The topological polar surface area (TPSA) is 318 Å². The summed E-state index contributed by atoms with van der Waals surface area (Å²) in [6.07, 6.45) is -4.88. The molecule has 21 nitrogen and oxygen atoms in total. The number of aromatic nitrogens is 4. The number of carbonyl (C=O) groups is 1. The van der Waals surface area contributed by atoms with Crippen LogP contribution in [0.5, 0.6) is 0 Å². The molecule has 23 heteroatoms. The number of aliphatic hydroxyl groups excluding tert-OH is 4. The first-order chi connectivity index (χ1) is 20.7. The van der Waals surface area contributed by atoms with Crippen LogP contribution in [0.3, 0.4) is 0 Å². The number of anilines is 1. The van der Waals surface area contributed by atoms with E-state index in [1.165, 1.54) is 28.2 Å². The predicted octanol–water partition coefficient (Wildman–Crippen LogP) is -2.69. The summed E-state index contributed by atoms with van der Waals surface area (Å²) in [4.78, 5) is 44.6. The number of carbonyl (C=O) groups excluding carboxylic acids is 1.